The van der Waals surface area contributed by atoms with Crippen molar-refractivity contribution in [1.82, 2.24) is 0 Å². The second-order valence-electron chi connectivity index (χ2n) is 2.82. The van der Waals surface area contributed by atoms with Gasteiger partial charge in [-0.15, -0.1) is 19.0 Å². The van der Waals surface area contributed by atoms with Crippen LogP contribution in [-0.2, 0) is 0 Å². The molecule has 0 fully saturated rings. The molecule has 9 heavy (non-hydrogen) atoms. The van der Waals surface area contributed by atoms with Gasteiger partial charge in [-0.25, -0.2) is 0 Å². The van der Waals surface area contributed by atoms with Crippen LogP contribution >= 0.6 is 12.4 Å². The summed E-state index contributed by atoms with van der Waals surface area (Å²) in [7, 11) is 0. The molecule has 0 aliphatic heterocycles. The number of hydrogen-bond acceptors (Lipinski definition) is 1. The molecule has 0 rings (SSSR count). The Labute approximate surface area is 63.7 Å². The highest BCUT2D eigenvalue weighted by Gasteiger charge is 2.07. The Morgan fingerprint density at radius 2 is 2.00 bits per heavy atom. The van der Waals surface area contributed by atoms with Crippen molar-refractivity contribution in [3.8, 4) is 0 Å². The van der Waals surface area contributed by atoms with Crippen molar-refractivity contribution in [1.29, 1.82) is 0 Å². The van der Waals surface area contributed by atoms with Gasteiger partial charge >= 0.3 is 0 Å². The third-order valence-corrected chi connectivity index (χ3v) is 0.993. The van der Waals surface area contributed by atoms with E-state index in [-0.39, 0.29) is 17.9 Å². The summed E-state index contributed by atoms with van der Waals surface area (Å²) in [5.41, 5.74) is 5.65. The topological polar surface area (TPSA) is 26.0 Å². The number of hydrogen-bond donors (Lipinski definition) is 1. The summed E-state index contributed by atoms with van der Waals surface area (Å²) in [5.74, 6) is 0. The Kier molecular flexibility index (Phi) is 6.30. The molecular weight excluding hydrogens is 134 g/mol. The van der Waals surface area contributed by atoms with E-state index in [2.05, 4.69) is 6.58 Å². The van der Waals surface area contributed by atoms with Gasteiger partial charge in [-0.3, -0.25) is 0 Å². The lowest BCUT2D eigenvalue weighted by Gasteiger charge is -2.15. The Morgan fingerprint density at radius 3 is 2.11 bits per heavy atom. The van der Waals surface area contributed by atoms with E-state index < -0.39 is 0 Å². The summed E-state index contributed by atoms with van der Waals surface area (Å²) in [4.78, 5) is 0. The van der Waals surface area contributed by atoms with Crippen LogP contribution < -0.4 is 5.73 Å². The molecule has 0 radical (unpaired) electrons. The van der Waals surface area contributed by atoms with Gasteiger partial charge in [0.05, 0.1) is 0 Å². The molecule has 0 amide bonds. The molecule has 0 unspecified atom stereocenters. The van der Waals surface area contributed by atoms with Gasteiger partial charge in [0, 0.05) is 5.54 Å². The maximum absolute atomic E-state index is 5.67. The van der Waals surface area contributed by atoms with Crippen LogP contribution in [0.5, 0.6) is 0 Å². The first-order valence-electron chi connectivity index (χ1n) is 2.96. The van der Waals surface area contributed by atoms with Gasteiger partial charge in [0.1, 0.15) is 0 Å². The van der Waals surface area contributed by atoms with Crippen molar-refractivity contribution in [2.75, 3.05) is 0 Å². The van der Waals surface area contributed by atoms with E-state index >= 15 is 0 Å². The zero-order chi connectivity index (χ0) is 6.62. The molecular formula is C7H16ClN. The van der Waals surface area contributed by atoms with Crippen LogP contribution in [0.4, 0.5) is 0 Å². The molecule has 0 heterocycles. The lowest BCUT2D eigenvalue weighted by molar-refractivity contribution is 0.481. The first-order valence-corrected chi connectivity index (χ1v) is 2.96. The van der Waals surface area contributed by atoms with Gasteiger partial charge < -0.3 is 5.73 Å². The minimum atomic E-state index is -0.0197. The zero-order valence-corrected chi connectivity index (χ0v) is 7.00. The van der Waals surface area contributed by atoms with E-state index in [9.17, 15) is 0 Å². The highest BCUT2D eigenvalue weighted by molar-refractivity contribution is 5.85. The summed E-state index contributed by atoms with van der Waals surface area (Å²) in [6, 6.07) is 0. The summed E-state index contributed by atoms with van der Waals surface area (Å²) >= 11 is 0. The van der Waals surface area contributed by atoms with E-state index in [4.69, 9.17) is 5.73 Å². The van der Waals surface area contributed by atoms with Gasteiger partial charge in [-0.05, 0) is 26.7 Å². The van der Waals surface area contributed by atoms with Gasteiger partial charge in [-0.1, -0.05) is 6.08 Å². The molecule has 0 saturated carbocycles. The third kappa shape index (κ3) is 11.5. The van der Waals surface area contributed by atoms with Gasteiger partial charge in [0.2, 0.25) is 0 Å². The lowest BCUT2D eigenvalue weighted by Crippen LogP contribution is -2.31. The van der Waals surface area contributed by atoms with Crippen LogP contribution in [0, 0.1) is 0 Å². The summed E-state index contributed by atoms with van der Waals surface area (Å²) < 4.78 is 0. The summed E-state index contributed by atoms with van der Waals surface area (Å²) in [5, 5.41) is 0. The molecule has 0 saturated heterocycles. The number of rotatable bonds is 3. The van der Waals surface area contributed by atoms with Crippen LogP contribution in [0.15, 0.2) is 12.7 Å². The Balaban J connectivity index is 0. The average Bonchev–Trinajstić information content (AvgIpc) is 1.59. The molecule has 0 aliphatic rings. The maximum Gasteiger partial charge on any atom is 0.01000 e. The first-order chi connectivity index (χ1) is 3.56. The number of nitrogens with two attached hydrogens (primary N) is 1. The fourth-order valence-electron chi connectivity index (χ4n) is 0.474. The Morgan fingerprint density at radius 1 is 1.56 bits per heavy atom. The molecule has 1 nitrogen and oxygen atoms in total. The largest absolute Gasteiger partial charge is 0.326 e. The fourth-order valence-corrected chi connectivity index (χ4v) is 0.474. The summed E-state index contributed by atoms with van der Waals surface area (Å²) in [6.07, 6.45) is 3.94. The van der Waals surface area contributed by atoms with Crippen LogP contribution in [0.2, 0.25) is 0 Å². The Bertz CT molecular complexity index is 73.5. The minimum absolute atomic E-state index is 0. The third-order valence-electron chi connectivity index (χ3n) is 0.993. The molecule has 2 heteroatoms. The average molecular weight is 150 g/mol. The predicted octanol–water partition coefficient (Wildman–Crippen LogP) is 2.11. The smallest absolute Gasteiger partial charge is 0.01000 e. The molecule has 0 aliphatic carbocycles. The number of allylic oxidation sites excluding steroid dienone is 1. The van der Waals surface area contributed by atoms with E-state index in [0.717, 1.165) is 12.8 Å². The van der Waals surface area contributed by atoms with Crippen molar-refractivity contribution < 1.29 is 0 Å². The van der Waals surface area contributed by atoms with E-state index in [1.54, 1.807) is 0 Å². The van der Waals surface area contributed by atoms with Crippen LogP contribution in [-0.4, -0.2) is 5.54 Å². The fraction of sp³-hybridized carbons (Fsp3) is 0.714. The molecule has 0 aromatic carbocycles. The molecule has 0 aromatic heterocycles. The molecule has 0 aromatic rings. The predicted molar refractivity (Wildman–Crippen MR) is 44.9 cm³/mol. The number of halogens is 1. The molecule has 2 N–H and O–H groups in total. The highest BCUT2D eigenvalue weighted by atomic mass is 35.5. The van der Waals surface area contributed by atoms with Crippen molar-refractivity contribution in [3.05, 3.63) is 12.7 Å². The monoisotopic (exact) mass is 149 g/mol. The molecule has 56 valence electrons. The van der Waals surface area contributed by atoms with Crippen LogP contribution in [0.3, 0.4) is 0 Å². The SMILES string of the molecule is C=CCCC(C)(C)N.Cl. The standard InChI is InChI=1S/C7H15N.ClH/c1-4-5-6-7(2,3)8;/h4H,1,5-6,8H2,2-3H3;1H. The van der Waals surface area contributed by atoms with Crippen molar-refractivity contribution in [2.24, 2.45) is 5.73 Å². The highest BCUT2D eigenvalue weighted by Crippen LogP contribution is 2.05. The second-order valence-corrected chi connectivity index (χ2v) is 2.82. The maximum atomic E-state index is 5.67. The normalized spacial score (nSPS) is 10.1. The minimum Gasteiger partial charge on any atom is -0.326 e. The second kappa shape index (κ2) is 4.83. The van der Waals surface area contributed by atoms with E-state index in [0.29, 0.717) is 0 Å². The van der Waals surface area contributed by atoms with Crippen LogP contribution in [0.1, 0.15) is 26.7 Å². The van der Waals surface area contributed by atoms with E-state index in [1.807, 2.05) is 19.9 Å². The van der Waals surface area contributed by atoms with Crippen molar-refractivity contribution in [3.63, 3.8) is 0 Å². The zero-order valence-electron chi connectivity index (χ0n) is 6.18. The van der Waals surface area contributed by atoms with Gasteiger partial charge in [-0.2, -0.15) is 0 Å². The summed E-state index contributed by atoms with van der Waals surface area (Å²) in [6.45, 7) is 7.66. The first kappa shape index (κ1) is 11.7. The van der Waals surface area contributed by atoms with Crippen molar-refractivity contribution >= 4 is 12.4 Å². The Hall–Kier alpha value is -0.0100. The molecule has 0 atom stereocenters. The quantitative estimate of drug-likeness (QED) is 0.612. The van der Waals surface area contributed by atoms with E-state index in [1.165, 1.54) is 0 Å². The molecule has 0 bridgehead atoms. The van der Waals surface area contributed by atoms with Crippen LogP contribution in [0.25, 0.3) is 0 Å². The van der Waals surface area contributed by atoms with Gasteiger partial charge in [0.25, 0.3) is 0 Å². The molecule has 0 spiro atoms. The van der Waals surface area contributed by atoms with Crippen molar-refractivity contribution in [2.45, 2.75) is 32.2 Å². The van der Waals surface area contributed by atoms with Gasteiger partial charge in [0.15, 0.2) is 0 Å². The lowest BCUT2D eigenvalue weighted by atomic mass is 10.0.